The van der Waals surface area contributed by atoms with Gasteiger partial charge in [0.05, 0.1) is 0 Å². The Kier molecular flexibility index (Phi) is 29.3. The van der Waals surface area contributed by atoms with E-state index in [1.54, 1.807) is 44.2 Å². The Balaban J connectivity index is 3.31. The Hall–Kier alpha value is -5.71. The average molecular weight is 975 g/mol. The molecular weight excluding hydrogens is 893 g/mol. The number of amides is 8. The van der Waals surface area contributed by atoms with Crippen LogP contribution in [0, 0.1) is 17.8 Å². The zero-order valence-electron chi connectivity index (χ0n) is 41.6. The monoisotopic (exact) mass is 975 g/mol. The van der Waals surface area contributed by atoms with Gasteiger partial charge in [-0.1, -0.05) is 78.3 Å². The van der Waals surface area contributed by atoms with Crippen molar-refractivity contribution in [3.05, 3.63) is 35.9 Å². The number of carboxylic acid groups (broad SMARTS) is 1. The molecule has 17 N–H and O–H groups in total. The Morgan fingerprint density at radius 1 is 0.464 bits per heavy atom. The molecule has 22 nitrogen and oxygen atoms in total. The summed E-state index contributed by atoms with van der Waals surface area (Å²) >= 11 is 0. The highest BCUT2D eigenvalue weighted by Gasteiger charge is 2.34. The molecule has 1 rings (SSSR count). The normalized spacial score (nSPS) is 15.1. The first-order valence-electron chi connectivity index (χ1n) is 24.1. The van der Waals surface area contributed by atoms with Crippen molar-refractivity contribution < 1.29 is 48.3 Å². The minimum absolute atomic E-state index is 0.0406. The first-order chi connectivity index (χ1) is 32.6. The van der Waals surface area contributed by atoms with Crippen molar-refractivity contribution in [2.75, 3.05) is 26.2 Å². The number of aliphatic carboxylic acids is 1. The SMILES string of the molecule is CCC(C)CCC(=O)N[C@H](CCN)C(=O)N[C@@H](C)C(=O)N[C@@H](CCN)C(=O)N[C@@H](CC(C)C)C(=O)N[C@H](Cc1ccccc1)C(=O)N[C@@H](CCN)C(=O)N[C@@H](CCN)C(=O)N[C@@H](CC(C)C)C(=O)O. The van der Waals surface area contributed by atoms with Gasteiger partial charge in [0, 0.05) is 12.8 Å². The molecule has 0 fully saturated rings. The van der Waals surface area contributed by atoms with Crippen molar-refractivity contribution in [3.63, 3.8) is 0 Å². The Morgan fingerprint density at radius 3 is 1.26 bits per heavy atom. The van der Waals surface area contributed by atoms with E-state index in [1.807, 2.05) is 27.7 Å². The van der Waals surface area contributed by atoms with Gasteiger partial charge in [-0.15, -0.1) is 0 Å². The fourth-order valence-electron chi connectivity index (χ4n) is 7.08. The summed E-state index contributed by atoms with van der Waals surface area (Å²) < 4.78 is 0. The van der Waals surface area contributed by atoms with Crippen LogP contribution in [0.3, 0.4) is 0 Å². The second-order valence-corrected chi connectivity index (χ2v) is 18.4. The number of carbonyl (C=O) groups excluding carboxylic acids is 8. The molecule has 0 heterocycles. The second kappa shape index (κ2) is 32.9. The Labute approximate surface area is 406 Å². The fourth-order valence-corrected chi connectivity index (χ4v) is 7.08. The zero-order valence-corrected chi connectivity index (χ0v) is 41.6. The van der Waals surface area contributed by atoms with E-state index in [9.17, 15) is 48.3 Å². The summed E-state index contributed by atoms with van der Waals surface area (Å²) in [6.07, 6.45) is 1.88. The van der Waals surface area contributed by atoms with Crippen LogP contribution in [0.2, 0.25) is 0 Å². The number of hydrogen-bond donors (Lipinski definition) is 13. The van der Waals surface area contributed by atoms with Crippen molar-refractivity contribution in [3.8, 4) is 0 Å². The van der Waals surface area contributed by atoms with Crippen molar-refractivity contribution >= 4 is 53.2 Å². The highest BCUT2D eigenvalue weighted by atomic mass is 16.4. The number of rotatable bonds is 34. The fraction of sp³-hybridized carbons (Fsp3) is 0.681. The lowest BCUT2D eigenvalue weighted by molar-refractivity contribution is -0.143. The van der Waals surface area contributed by atoms with Crippen molar-refractivity contribution in [2.45, 2.75) is 161 Å². The molecule has 0 aliphatic carbocycles. The third kappa shape index (κ3) is 23.9. The second-order valence-electron chi connectivity index (χ2n) is 18.4. The summed E-state index contributed by atoms with van der Waals surface area (Å²) in [4.78, 5) is 120. The molecule has 69 heavy (non-hydrogen) atoms. The molecule has 1 aromatic rings. The maximum absolute atomic E-state index is 14.2. The summed E-state index contributed by atoms with van der Waals surface area (Å²) in [7, 11) is 0. The lowest BCUT2D eigenvalue weighted by Gasteiger charge is -2.28. The molecule has 22 heteroatoms. The standard InChI is InChI=1S/C47H82N12O10/c1-8-29(6)14-15-39(60)53-32(16-20-48)41(62)52-30(7)40(61)54-33(17-21-49)43(64)57-36(24-27(2)3)45(66)58-37(26-31-12-10-9-11-13-31)46(67)56-34(18-22-50)42(63)55-35(19-23-51)44(65)59-38(47(68)69)25-28(4)5/h9-13,27-30,32-38H,8,14-26,48-51H2,1-7H3,(H,52,62)(H,53,60)(H,54,61)(H,55,63)(H,56,67)(H,57,64)(H,58,66)(H,59,65)(H,68,69)/t29?,30-,32+,33-,34-,35-,36-,37+,38-/m0/s1. The summed E-state index contributed by atoms with van der Waals surface area (Å²) in [6, 6.07) is -1.02. The van der Waals surface area contributed by atoms with Crippen LogP contribution in [0.4, 0.5) is 0 Å². The van der Waals surface area contributed by atoms with Gasteiger partial charge in [-0.2, -0.15) is 0 Å². The van der Waals surface area contributed by atoms with Gasteiger partial charge in [-0.3, -0.25) is 38.4 Å². The van der Waals surface area contributed by atoms with Crippen LogP contribution in [0.1, 0.15) is 112 Å². The van der Waals surface area contributed by atoms with E-state index in [0.717, 1.165) is 6.42 Å². The minimum atomic E-state index is -1.31. The predicted molar refractivity (Wildman–Crippen MR) is 261 cm³/mol. The number of carbonyl (C=O) groups is 9. The molecule has 390 valence electrons. The van der Waals surface area contributed by atoms with Crippen LogP contribution in [0.25, 0.3) is 0 Å². The molecule has 8 amide bonds. The maximum atomic E-state index is 14.2. The molecule has 0 aromatic heterocycles. The number of carboxylic acids is 1. The molecule has 0 spiro atoms. The van der Waals surface area contributed by atoms with Crippen LogP contribution in [-0.4, -0.2) is 133 Å². The van der Waals surface area contributed by atoms with E-state index in [4.69, 9.17) is 22.9 Å². The molecule has 1 aromatic carbocycles. The lowest BCUT2D eigenvalue weighted by Crippen LogP contribution is -2.61. The zero-order chi connectivity index (χ0) is 52.2. The number of nitrogens with two attached hydrogens (primary N) is 4. The van der Waals surface area contributed by atoms with E-state index in [0.29, 0.717) is 17.9 Å². The Morgan fingerprint density at radius 2 is 0.826 bits per heavy atom. The van der Waals surface area contributed by atoms with Crippen LogP contribution in [0.5, 0.6) is 0 Å². The van der Waals surface area contributed by atoms with Gasteiger partial charge in [-0.25, -0.2) is 4.79 Å². The van der Waals surface area contributed by atoms with Gasteiger partial charge in [-0.05, 0) is 101 Å². The van der Waals surface area contributed by atoms with Gasteiger partial charge < -0.3 is 70.6 Å². The lowest BCUT2D eigenvalue weighted by atomic mass is 10.00. The molecule has 0 radical (unpaired) electrons. The van der Waals surface area contributed by atoms with E-state index in [1.165, 1.54) is 6.92 Å². The minimum Gasteiger partial charge on any atom is -0.480 e. The molecule has 0 aliphatic heterocycles. The number of hydrogen-bond acceptors (Lipinski definition) is 13. The summed E-state index contributed by atoms with van der Waals surface area (Å²) in [5.41, 5.74) is 23.8. The van der Waals surface area contributed by atoms with Gasteiger partial charge in [0.1, 0.15) is 48.3 Å². The quantitative estimate of drug-likeness (QED) is 0.0375. The molecule has 0 saturated carbocycles. The molecular formula is C47H82N12O10. The number of benzene rings is 1. The van der Waals surface area contributed by atoms with Crippen LogP contribution < -0.4 is 65.5 Å². The van der Waals surface area contributed by atoms with E-state index >= 15 is 0 Å². The summed E-state index contributed by atoms with van der Waals surface area (Å²) in [5.74, 6) is -6.73. The molecule has 0 bridgehead atoms. The molecule has 1 unspecified atom stereocenters. The summed E-state index contributed by atoms with van der Waals surface area (Å²) in [6.45, 7) is 12.6. The summed E-state index contributed by atoms with van der Waals surface area (Å²) in [5, 5.41) is 30.6. The smallest absolute Gasteiger partial charge is 0.326 e. The predicted octanol–water partition coefficient (Wildman–Crippen LogP) is -1.47. The third-order valence-electron chi connectivity index (χ3n) is 11.3. The first kappa shape index (κ1) is 61.3. The van der Waals surface area contributed by atoms with Gasteiger partial charge in [0.15, 0.2) is 0 Å². The Bertz CT molecular complexity index is 1800. The van der Waals surface area contributed by atoms with Crippen LogP contribution in [-0.2, 0) is 49.6 Å². The van der Waals surface area contributed by atoms with Gasteiger partial charge in [0.25, 0.3) is 0 Å². The van der Waals surface area contributed by atoms with Crippen LogP contribution in [0.15, 0.2) is 30.3 Å². The van der Waals surface area contributed by atoms with E-state index in [-0.39, 0.29) is 95.3 Å². The highest BCUT2D eigenvalue weighted by Crippen LogP contribution is 2.12. The van der Waals surface area contributed by atoms with Crippen molar-refractivity contribution in [2.24, 2.45) is 40.7 Å². The first-order valence-corrected chi connectivity index (χ1v) is 24.1. The molecule has 0 saturated heterocycles. The number of nitrogens with one attached hydrogen (secondary N) is 8. The van der Waals surface area contributed by atoms with Crippen LogP contribution >= 0.6 is 0 Å². The van der Waals surface area contributed by atoms with Crippen molar-refractivity contribution in [1.82, 2.24) is 42.5 Å². The van der Waals surface area contributed by atoms with Crippen molar-refractivity contribution in [1.29, 1.82) is 0 Å². The highest BCUT2D eigenvalue weighted by molar-refractivity contribution is 5.98. The maximum Gasteiger partial charge on any atom is 0.326 e. The van der Waals surface area contributed by atoms with Gasteiger partial charge >= 0.3 is 5.97 Å². The van der Waals surface area contributed by atoms with E-state index < -0.39 is 95.7 Å². The topological polar surface area (TPSA) is 374 Å². The van der Waals surface area contributed by atoms with E-state index in [2.05, 4.69) is 42.5 Å². The van der Waals surface area contributed by atoms with Gasteiger partial charge in [0.2, 0.25) is 47.3 Å². The molecule has 0 aliphatic rings. The molecule has 9 atom stereocenters. The largest absolute Gasteiger partial charge is 0.480 e. The third-order valence-corrected chi connectivity index (χ3v) is 11.3. The average Bonchev–Trinajstić information content (AvgIpc) is 3.29.